The average Bonchev–Trinajstić information content (AvgIpc) is 2.40. The number of rotatable bonds is 4. The minimum Gasteiger partial charge on any atom is -0.460 e. The first-order chi connectivity index (χ1) is 10.9. The largest absolute Gasteiger partial charge is 0.460 e. The lowest BCUT2D eigenvalue weighted by Crippen LogP contribution is -2.54. The lowest BCUT2D eigenvalue weighted by atomic mass is 9.49. The first kappa shape index (κ1) is 17.9. The Kier molecular flexibility index (Phi) is 3.95. The van der Waals surface area contributed by atoms with Crippen molar-refractivity contribution in [2.24, 2.45) is 23.2 Å². The summed E-state index contributed by atoms with van der Waals surface area (Å²) in [6.07, 6.45) is -1.53. The van der Waals surface area contributed by atoms with Crippen molar-refractivity contribution < 1.29 is 40.1 Å². The molecule has 0 saturated heterocycles. The van der Waals surface area contributed by atoms with Crippen LogP contribution in [0.1, 0.15) is 38.5 Å². The molecular weight excluding hydrogens is 356 g/mol. The van der Waals surface area contributed by atoms with Crippen LogP contribution in [-0.4, -0.2) is 36.7 Å². The molecule has 0 aromatic rings. The van der Waals surface area contributed by atoms with Gasteiger partial charge in [-0.2, -0.15) is 21.6 Å². The number of carbonyl (C=O) groups is 1. The number of hydrogen-bond donors (Lipinski definition) is 1. The fourth-order valence-corrected chi connectivity index (χ4v) is 5.48. The summed E-state index contributed by atoms with van der Waals surface area (Å²) in [5.74, 6) is -0.0640. The second kappa shape index (κ2) is 5.30. The van der Waals surface area contributed by atoms with Gasteiger partial charge in [0, 0.05) is 0 Å². The number of esters is 1. The molecule has 4 bridgehead atoms. The van der Waals surface area contributed by atoms with Crippen LogP contribution in [0.25, 0.3) is 0 Å². The molecule has 4 aliphatic carbocycles. The Morgan fingerprint density at radius 2 is 1.46 bits per heavy atom. The van der Waals surface area contributed by atoms with Crippen LogP contribution in [0.2, 0.25) is 0 Å². The van der Waals surface area contributed by atoms with Crippen molar-refractivity contribution >= 4 is 16.1 Å². The monoisotopic (exact) mass is 374 g/mol. The van der Waals surface area contributed by atoms with E-state index in [1.165, 1.54) is 0 Å². The lowest BCUT2D eigenvalue weighted by molar-refractivity contribution is -0.218. The topological polar surface area (TPSA) is 80.7 Å². The molecule has 0 spiro atoms. The van der Waals surface area contributed by atoms with Crippen molar-refractivity contribution in [2.75, 3.05) is 6.61 Å². The van der Waals surface area contributed by atoms with E-state index in [2.05, 4.69) is 4.74 Å². The molecule has 24 heavy (non-hydrogen) atoms. The zero-order chi connectivity index (χ0) is 18.0. The summed E-state index contributed by atoms with van der Waals surface area (Å²) >= 11 is 0. The SMILES string of the molecule is O=C(OCC(F)(C(F)(F)F)S(=O)(=O)O)C12CC3CC(CC(C3)C1)C2. The molecule has 0 radical (unpaired) electrons. The van der Waals surface area contributed by atoms with E-state index < -0.39 is 39.3 Å². The van der Waals surface area contributed by atoms with Gasteiger partial charge in [0.15, 0.2) is 6.61 Å². The van der Waals surface area contributed by atoms with E-state index in [4.69, 9.17) is 4.55 Å². The summed E-state index contributed by atoms with van der Waals surface area (Å²) in [4.78, 5) is 12.4. The van der Waals surface area contributed by atoms with E-state index in [-0.39, 0.29) is 0 Å². The Bertz CT molecular complexity index is 609. The van der Waals surface area contributed by atoms with Gasteiger partial charge in [0.05, 0.1) is 5.41 Å². The quantitative estimate of drug-likeness (QED) is 0.465. The third-order valence-electron chi connectivity index (χ3n) is 5.69. The first-order valence-electron chi connectivity index (χ1n) is 7.76. The van der Waals surface area contributed by atoms with Gasteiger partial charge in [-0.1, -0.05) is 0 Å². The molecule has 4 fully saturated rings. The van der Waals surface area contributed by atoms with Gasteiger partial charge in [-0.25, -0.2) is 4.39 Å². The van der Waals surface area contributed by atoms with Gasteiger partial charge in [0.2, 0.25) is 0 Å². The van der Waals surface area contributed by atoms with Gasteiger partial charge < -0.3 is 4.74 Å². The Hall–Kier alpha value is -0.900. The summed E-state index contributed by atoms with van der Waals surface area (Å²) in [6.45, 7) is -2.09. The van der Waals surface area contributed by atoms with E-state index in [1.807, 2.05) is 0 Å². The van der Waals surface area contributed by atoms with Crippen LogP contribution in [0.15, 0.2) is 0 Å². The van der Waals surface area contributed by atoms with Crippen LogP contribution in [0, 0.1) is 23.2 Å². The summed E-state index contributed by atoms with van der Waals surface area (Å²) < 4.78 is 86.8. The standard InChI is InChI=1S/C14H18F4O5S/c15-13(14(16,17)18,24(20,21)22)7-23-11(19)12-4-8-1-9(5-12)3-10(2-8)6-12/h8-10H,1-7H2,(H,20,21,22). The molecule has 0 aromatic carbocycles. The van der Waals surface area contributed by atoms with Crippen molar-refractivity contribution in [2.45, 2.75) is 49.7 Å². The lowest BCUT2D eigenvalue weighted by Gasteiger charge is -2.55. The predicted molar refractivity (Wildman–Crippen MR) is 73.0 cm³/mol. The molecule has 138 valence electrons. The highest BCUT2D eigenvalue weighted by Gasteiger charge is 2.67. The van der Waals surface area contributed by atoms with Gasteiger partial charge in [-0.05, 0) is 56.3 Å². The van der Waals surface area contributed by atoms with E-state index >= 15 is 0 Å². The number of hydrogen-bond acceptors (Lipinski definition) is 4. The highest BCUT2D eigenvalue weighted by atomic mass is 32.2. The maximum atomic E-state index is 13.9. The molecule has 0 amide bonds. The van der Waals surface area contributed by atoms with Crippen LogP contribution in [0.4, 0.5) is 17.6 Å². The van der Waals surface area contributed by atoms with Crippen LogP contribution in [0.5, 0.6) is 0 Å². The summed E-state index contributed by atoms with van der Waals surface area (Å²) in [6, 6.07) is 0. The minimum absolute atomic E-state index is 0.308. The first-order valence-corrected chi connectivity index (χ1v) is 9.20. The molecule has 0 aliphatic heterocycles. The zero-order valence-electron chi connectivity index (χ0n) is 12.7. The third kappa shape index (κ3) is 2.71. The van der Waals surface area contributed by atoms with E-state index in [1.54, 1.807) is 0 Å². The minimum atomic E-state index is -6.14. The molecule has 0 aromatic heterocycles. The highest BCUT2D eigenvalue weighted by molar-refractivity contribution is 7.87. The summed E-state index contributed by atoms with van der Waals surface area (Å²) in [5.41, 5.74) is -0.944. The van der Waals surface area contributed by atoms with Crippen LogP contribution >= 0.6 is 0 Å². The second-order valence-corrected chi connectivity index (χ2v) is 9.07. The van der Waals surface area contributed by atoms with Gasteiger partial charge in [0.1, 0.15) is 0 Å². The molecule has 4 aliphatic rings. The fourth-order valence-electron chi connectivity index (χ4n) is 4.97. The van der Waals surface area contributed by atoms with Gasteiger partial charge in [-0.15, -0.1) is 0 Å². The Morgan fingerprint density at radius 1 is 1.04 bits per heavy atom. The maximum Gasteiger partial charge on any atom is 0.443 e. The maximum absolute atomic E-state index is 13.9. The van der Waals surface area contributed by atoms with E-state index in [0.29, 0.717) is 37.0 Å². The predicted octanol–water partition coefficient (Wildman–Crippen LogP) is 2.86. The number of alkyl halides is 4. The summed E-state index contributed by atoms with van der Waals surface area (Å²) in [7, 11) is -6.14. The Morgan fingerprint density at radius 3 is 1.79 bits per heavy atom. The third-order valence-corrected chi connectivity index (χ3v) is 6.86. The molecule has 1 unspecified atom stereocenters. The summed E-state index contributed by atoms with van der Waals surface area (Å²) in [5, 5.41) is -5.02. The molecule has 1 N–H and O–H groups in total. The number of carbonyl (C=O) groups excluding carboxylic acids is 1. The molecular formula is C14H18F4O5S. The van der Waals surface area contributed by atoms with E-state index in [9.17, 15) is 30.8 Å². The van der Waals surface area contributed by atoms with Crippen molar-refractivity contribution in [3.8, 4) is 0 Å². The van der Waals surface area contributed by atoms with Crippen LogP contribution < -0.4 is 0 Å². The molecule has 0 heterocycles. The highest BCUT2D eigenvalue weighted by Crippen LogP contribution is 2.60. The number of ether oxygens (including phenoxy) is 1. The Balaban J connectivity index is 1.76. The molecule has 4 saturated carbocycles. The van der Waals surface area contributed by atoms with Crippen molar-refractivity contribution in [1.29, 1.82) is 0 Å². The van der Waals surface area contributed by atoms with Gasteiger partial charge in [-0.3, -0.25) is 9.35 Å². The zero-order valence-corrected chi connectivity index (χ0v) is 13.5. The van der Waals surface area contributed by atoms with Crippen molar-refractivity contribution in [1.82, 2.24) is 0 Å². The Labute approximate surface area is 136 Å². The van der Waals surface area contributed by atoms with Gasteiger partial charge >= 0.3 is 27.3 Å². The molecule has 4 rings (SSSR count). The smallest absolute Gasteiger partial charge is 0.443 e. The fraction of sp³-hybridized carbons (Fsp3) is 0.929. The van der Waals surface area contributed by atoms with Gasteiger partial charge in [0.25, 0.3) is 0 Å². The van der Waals surface area contributed by atoms with Crippen LogP contribution in [-0.2, 0) is 19.6 Å². The molecule has 5 nitrogen and oxygen atoms in total. The van der Waals surface area contributed by atoms with Crippen molar-refractivity contribution in [3.63, 3.8) is 0 Å². The van der Waals surface area contributed by atoms with Crippen LogP contribution in [0.3, 0.4) is 0 Å². The normalized spacial score (nSPS) is 38.0. The average molecular weight is 374 g/mol. The molecule has 10 heteroatoms. The number of halogens is 4. The second-order valence-electron chi connectivity index (χ2n) is 7.48. The van der Waals surface area contributed by atoms with Crippen molar-refractivity contribution in [3.05, 3.63) is 0 Å². The van der Waals surface area contributed by atoms with E-state index in [0.717, 1.165) is 19.3 Å². The molecule has 1 atom stereocenters.